The molecular formula is C9H9ClFNO. The van der Waals surface area contributed by atoms with Crippen molar-refractivity contribution in [3.63, 3.8) is 0 Å². The lowest BCUT2D eigenvalue weighted by atomic mass is 9.96. The first-order chi connectivity index (χ1) is 6.27. The van der Waals surface area contributed by atoms with Gasteiger partial charge in [0.2, 0.25) is 5.82 Å². The predicted molar refractivity (Wildman–Crippen MR) is 47.5 cm³/mol. The Morgan fingerprint density at radius 2 is 2.31 bits per heavy atom. The second-order valence-electron chi connectivity index (χ2n) is 3.08. The largest absolute Gasteiger partial charge is 0.487 e. The zero-order valence-electron chi connectivity index (χ0n) is 6.96. The number of ether oxygens (including phenoxy) is 1. The van der Waals surface area contributed by atoms with Crippen molar-refractivity contribution in [2.45, 2.75) is 25.4 Å². The summed E-state index contributed by atoms with van der Waals surface area (Å²) in [7, 11) is 0. The van der Waals surface area contributed by atoms with Gasteiger partial charge < -0.3 is 4.74 Å². The van der Waals surface area contributed by atoms with Crippen molar-refractivity contribution >= 4 is 11.6 Å². The molecule has 0 saturated heterocycles. The molecule has 1 aliphatic rings. The smallest absolute Gasteiger partial charge is 0.202 e. The molecule has 0 atom stereocenters. The Labute approximate surface area is 80.7 Å². The van der Waals surface area contributed by atoms with E-state index in [0.717, 1.165) is 19.3 Å². The molecule has 4 heteroatoms. The highest BCUT2D eigenvalue weighted by Gasteiger charge is 2.21. The van der Waals surface area contributed by atoms with Gasteiger partial charge in [-0.05, 0) is 19.3 Å². The van der Waals surface area contributed by atoms with Crippen LogP contribution < -0.4 is 4.74 Å². The number of aromatic nitrogens is 1. The molecule has 0 spiro atoms. The molecule has 1 aliphatic carbocycles. The number of nitrogens with zero attached hydrogens (tertiary/aromatic N) is 1. The van der Waals surface area contributed by atoms with Crippen molar-refractivity contribution in [3.05, 3.63) is 23.2 Å². The van der Waals surface area contributed by atoms with Gasteiger partial charge in [0.15, 0.2) is 10.9 Å². The van der Waals surface area contributed by atoms with Crippen molar-refractivity contribution in [3.8, 4) is 5.75 Å². The molecule has 0 bridgehead atoms. The third-order valence-electron chi connectivity index (χ3n) is 2.16. The van der Waals surface area contributed by atoms with Crippen molar-refractivity contribution in [1.82, 2.24) is 4.98 Å². The van der Waals surface area contributed by atoms with Crippen LogP contribution in [0.3, 0.4) is 0 Å². The number of hydrogen-bond donors (Lipinski definition) is 0. The summed E-state index contributed by atoms with van der Waals surface area (Å²) in [5.41, 5.74) is 0. The molecule has 1 saturated carbocycles. The minimum absolute atomic E-state index is 0.128. The molecule has 70 valence electrons. The van der Waals surface area contributed by atoms with E-state index in [4.69, 9.17) is 16.3 Å². The van der Waals surface area contributed by atoms with Gasteiger partial charge in [-0.2, -0.15) is 4.39 Å². The van der Waals surface area contributed by atoms with E-state index in [1.807, 2.05) is 0 Å². The molecule has 1 heterocycles. The molecule has 0 unspecified atom stereocenters. The second kappa shape index (κ2) is 3.50. The lowest BCUT2D eigenvalue weighted by Gasteiger charge is -2.26. The highest BCUT2D eigenvalue weighted by atomic mass is 35.5. The Bertz CT molecular complexity index is 314. The Morgan fingerprint density at radius 1 is 1.54 bits per heavy atom. The van der Waals surface area contributed by atoms with Gasteiger partial charge in [-0.15, -0.1) is 0 Å². The van der Waals surface area contributed by atoms with Crippen molar-refractivity contribution in [2.24, 2.45) is 0 Å². The van der Waals surface area contributed by atoms with Gasteiger partial charge >= 0.3 is 0 Å². The molecule has 0 aromatic carbocycles. The summed E-state index contributed by atoms with van der Waals surface area (Å²) in [6, 6.07) is 1.50. The van der Waals surface area contributed by atoms with E-state index >= 15 is 0 Å². The standard InChI is InChI=1S/C9H9ClFNO/c10-9-8(11)7(4-5-12-9)13-6-2-1-3-6/h4-6H,1-3H2. The first kappa shape index (κ1) is 8.75. The van der Waals surface area contributed by atoms with Gasteiger partial charge in [0, 0.05) is 12.3 Å². The van der Waals surface area contributed by atoms with Crippen LogP contribution in [-0.2, 0) is 0 Å². The van der Waals surface area contributed by atoms with E-state index in [0.29, 0.717) is 0 Å². The van der Waals surface area contributed by atoms with E-state index in [1.165, 1.54) is 12.3 Å². The maximum absolute atomic E-state index is 13.2. The maximum atomic E-state index is 13.2. The van der Waals surface area contributed by atoms with Gasteiger partial charge in [-0.25, -0.2) is 4.98 Å². The fraction of sp³-hybridized carbons (Fsp3) is 0.444. The van der Waals surface area contributed by atoms with Gasteiger partial charge in [-0.1, -0.05) is 11.6 Å². The minimum atomic E-state index is -0.559. The number of halogens is 2. The van der Waals surface area contributed by atoms with Crippen molar-refractivity contribution < 1.29 is 9.13 Å². The molecule has 0 aliphatic heterocycles. The van der Waals surface area contributed by atoms with E-state index in [-0.39, 0.29) is 17.0 Å². The average Bonchev–Trinajstić information content (AvgIpc) is 2.04. The molecular weight excluding hydrogens is 193 g/mol. The zero-order chi connectivity index (χ0) is 9.26. The summed E-state index contributed by atoms with van der Waals surface area (Å²) >= 11 is 5.49. The van der Waals surface area contributed by atoms with Gasteiger partial charge in [0.25, 0.3) is 0 Å². The summed E-state index contributed by atoms with van der Waals surface area (Å²) < 4.78 is 18.6. The molecule has 13 heavy (non-hydrogen) atoms. The van der Waals surface area contributed by atoms with Crippen LogP contribution >= 0.6 is 11.6 Å². The van der Waals surface area contributed by atoms with E-state index in [2.05, 4.69) is 4.98 Å². The predicted octanol–water partition coefficient (Wildman–Crippen LogP) is 2.81. The summed E-state index contributed by atoms with van der Waals surface area (Å²) in [5, 5.41) is -0.128. The van der Waals surface area contributed by atoms with E-state index < -0.39 is 5.82 Å². The number of hydrogen-bond acceptors (Lipinski definition) is 2. The first-order valence-electron chi connectivity index (χ1n) is 4.24. The van der Waals surface area contributed by atoms with Crippen LogP contribution in [-0.4, -0.2) is 11.1 Å². The Kier molecular flexibility index (Phi) is 2.36. The molecule has 1 aromatic rings. The molecule has 1 fully saturated rings. The summed E-state index contributed by atoms with van der Waals surface area (Å²) in [5.74, 6) is -0.347. The highest BCUT2D eigenvalue weighted by Crippen LogP contribution is 2.28. The lowest BCUT2D eigenvalue weighted by Crippen LogP contribution is -2.25. The second-order valence-corrected chi connectivity index (χ2v) is 3.44. The molecule has 2 nitrogen and oxygen atoms in total. The van der Waals surface area contributed by atoms with Crippen LogP contribution in [0.4, 0.5) is 4.39 Å². The Balaban J connectivity index is 2.14. The lowest BCUT2D eigenvalue weighted by molar-refractivity contribution is 0.115. The fourth-order valence-corrected chi connectivity index (χ4v) is 1.31. The number of pyridine rings is 1. The van der Waals surface area contributed by atoms with Gasteiger partial charge in [0.05, 0.1) is 6.10 Å². The van der Waals surface area contributed by atoms with Gasteiger partial charge in [-0.3, -0.25) is 0 Å². The van der Waals surface area contributed by atoms with Crippen molar-refractivity contribution in [1.29, 1.82) is 0 Å². The third-order valence-corrected chi connectivity index (χ3v) is 2.42. The van der Waals surface area contributed by atoms with Crippen LogP contribution in [0.5, 0.6) is 5.75 Å². The van der Waals surface area contributed by atoms with E-state index in [9.17, 15) is 4.39 Å². The van der Waals surface area contributed by atoms with Crippen LogP contribution in [0.15, 0.2) is 12.3 Å². The first-order valence-corrected chi connectivity index (χ1v) is 4.62. The molecule has 2 rings (SSSR count). The Hall–Kier alpha value is -0.830. The van der Waals surface area contributed by atoms with Crippen LogP contribution in [0.2, 0.25) is 5.15 Å². The van der Waals surface area contributed by atoms with Crippen LogP contribution in [0.25, 0.3) is 0 Å². The van der Waals surface area contributed by atoms with Crippen LogP contribution in [0, 0.1) is 5.82 Å². The quantitative estimate of drug-likeness (QED) is 0.687. The molecule has 0 N–H and O–H groups in total. The van der Waals surface area contributed by atoms with Crippen molar-refractivity contribution in [2.75, 3.05) is 0 Å². The molecule has 0 radical (unpaired) electrons. The summed E-state index contributed by atoms with van der Waals surface area (Å²) in [4.78, 5) is 3.60. The SMILES string of the molecule is Fc1c(OC2CCC2)ccnc1Cl. The normalized spacial score (nSPS) is 16.8. The molecule has 1 aromatic heterocycles. The summed E-state index contributed by atoms with van der Waals surface area (Å²) in [6.07, 6.45) is 4.76. The Morgan fingerprint density at radius 3 is 2.92 bits per heavy atom. The monoisotopic (exact) mass is 201 g/mol. The van der Waals surface area contributed by atoms with Gasteiger partial charge in [0.1, 0.15) is 0 Å². The zero-order valence-corrected chi connectivity index (χ0v) is 7.72. The topological polar surface area (TPSA) is 22.1 Å². The van der Waals surface area contributed by atoms with Crippen LogP contribution in [0.1, 0.15) is 19.3 Å². The molecule has 0 amide bonds. The third kappa shape index (κ3) is 1.75. The maximum Gasteiger partial charge on any atom is 0.202 e. The average molecular weight is 202 g/mol. The highest BCUT2D eigenvalue weighted by molar-refractivity contribution is 6.29. The minimum Gasteiger partial charge on any atom is -0.487 e. The summed E-state index contributed by atoms with van der Waals surface area (Å²) in [6.45, 7) is 0. The fourth-order valence-electron chi connectivity index (χ4n) is 1.16. The number of rotatable bonds is 2. The van der Waals surface area contributed by atoms with E-state index in [1.54, 1.807) is 0 Å².